The first-order valence-corrected chi connectivity index (χ1v) is 9.01. The second-order valence-corrected chi connectivity index (χ2v) is 7.51. The number of nitrogens with one attached hydrogen (secondary N) is 2. The molecule has 0 heterocycles. The number of hydrogen-bond donors (Lipinski definition) is 3. The van der Waals surface area contributed by atoms with E-state index in [1.165, 1.54) is 6.92 Å². The van der Waals surface area contributed by atoms with Crippen LogP contribution in [0.5, 0.6) is 0 Å². The van der Waals surface area contributed by atoms with Crippen LogP contribution in [0.15, 0.2) is 22.7 Å². The lowest BCUT2D eigenvalue weighted by Gasteiger charge is -2.22. The van der Waals surface area contributed by atoms with Gasteiger partial charge in [0.2, 0.25) is 11.8 Å². The maximum absolute atomic E-state index is 12.4. The maximum Gasteiger partial charge on any atom is 0.326 e. The Balaban J connectivity index is 2.91. The van der Waals surface area contributed by atoms with Gasteiger partial charge in [-0.3, -0.25) is 9.59 Å². The lowest BCUT2D eigenvalue weighted by molar-refractivity contribution is -0.142. The van der Waals surface area contributed by atoms with Crippen molar-refractivity contribution in [3.8, 4) is 0 Å². The van der Waals surface area contributed by atoms with Crippen LogP contribution in [0.1, 0.15) is 32.8 Å². The van der Waals surface area contributed by atoms with E-state index < -0.39 is 24.0 Å². The van der Waals surface area contributed by atoms with Crippen molar-refractivity contribution in [2.45, 2.75) is 45.7 Å². The lowest BCUT2D eigenvalue weighted by Crippen LogP contribution is -2.52. The number of halogens is 2. The van der Waals surface area contributed by atoms with Gasteiger partial charge in [0.15, 0.2) is 0 Å². The highest BCUT2D eigenvalue weighted by molar-refractivity contribution is 9.10. The third-order valence-electron chi connectivity index (χ3n) is 3.45. The number of aliphatic carboxylic acids is 1. The van der Waals surface area contributed by atoms with Crippen LogP contribution >= 0.6 is 27.5 Å². The van der Waals surface area contributed by atoms with Crippen molar-refractivity contribution in [2.75, 3.05) is 0 Å². The minimum absolute atomic E-state index is 0.0662. The number of carboxylic acids is 1. The van der Waals surface area contributed by atoms with E-state index in [4.69, 9.17) is 11.6 Å². The summed E-state index contributed by atoms with van der Waals surface area (Å²) in [5.41, 5.74) is 0.667. The second-order valence-electron chi connectivity index (χ2n) is 6.22. The zero-order chi connectivity index (χ0) is 19.1. The molecule has 0 aliphatic heterocycles. The van der Waals surface area contributed by atoms with Crippen molar-refractivity contribution in [1.29, 1.82) is 0 Å². The van der Waals surface area contributed by atoms with Crippen LogP contribution in [-0.4, -0.2) is 35.0 Å². The third-order valence-corrected chi connectivity index (χ3v) is 4.46. The molecule has 0 spiro atoms. The lowest BCUT2D eigenvalue weighted by atomic mass is 10.0. The molecule has 2 atom stereocenters. The number of benzene rings is 1. The molecule has 0 saturated carbocycles. The summed E-state index contributed by atoms with van der Waals surface area (Å²) in [4.78, 5) is 35.3. The molecule has 0 aliphatic carbocycles. The van der Waals surface area contributed by atoms with Gasteiger partial charge in [0.1, 0.15) is 12.1 Å². The summed E-state index contributed by atoms with van der Waals surface area (Å²) >= 11 is 9.29. The van der Waals surface area contributed by atoms with Gasteiger partial charge in [-0.1, -0.05) is 41.4 Å². The highest BCUT2D eigenvalue weighted by Crippen LogP contribution is 2.22. The van der Waals surface area contributed by atoms with E-state index in [0.29, 0.717) is 21.5 Å². The summed E-state index contributed by atoms with van der Waals surface area (Å²) in [6, 6.07) is 3.14. The monoisotopic (exact) mass is 432 g/mol. The summed E-state index contributed by atoms with van der Waals surface area (Å²) in [7, 11) is 0. The van der Waals surface area contributed by atoms with Crippen molar-refractivity contribution in [3.05, 3.63) is 33.3 Å². The van der Waals surface area contributed by atoms with Crippen LogP contribution in [0.25, 0.3) is 0 Å². The van der Waals surface area contributed by atoms with Crippen LogP contribution in [0, 0.1) is 5.92 Å². The zero-order valence-electron chi connectivity index (χ0n) is 14.3. The van der Waals surface area contributed by atoms with E-state index >= 15 is 0 Å². The zero-order valence-corrected chi connectivity index (χ0v) is 16.6. The fourth-order valence-electron chi connectivity index (χ4n) is 2.34. The Bertz CT molecular complexity index is 652. The summed E-state index contributed by atoms with van der Waals surface area (Å²) in [5, 5.41) is 15.0. The summed E-state index contributed by atoms with van der Waals surface area (Å²) in [6.45, 7) is 5.15. The van der Waals surface area contributed by atoms with Crippen LogP contribution < -0.4 is 10.6 Å². The van der Waals surface area contributed by atoms with Gasteiger partial charge in [0.05, 0.1) is 0 Å². The van der Waals surface area contributed by atoms with E-state index in [0.717, 1.165) is 0 Å². The first kappa shape index (κ1) is 21.4. The SMILES string of the molecule is CC(=O)N[C@@H](CC(C)C)C(=O)N[C@@H](Cc1cc(Cl)ccc1Br)C(=O)O. The van der Waals surface area contributed by atoms with E-state index in [1.54, 1.807) is 18.2 Å². The molecule has 0 radical (unpaired) electrons. The van der Waals surface area contributed by atoms with Crippen molar-refractivity contribution in [3.63, 3.8) is 0 Å². The first-order chi connectivity index (χ1) is 11.6. The first-order valence-electron chi connectivity index (χ1n) is 7.84. The van der Waals surface area contributed by atoms with E-state index in [2.05, 4.69) is 26.6 Å². The Hall–Kier alpha value is -1.60. The Morgan fingerprint density at radius 3 is 2.36 bits per heavy atom. The van der Waals surface area contributed by atoms with Gasteiger partial charge in [0, 0.05) is 22.8 Å². The molecule has 8 heteroatoms. The smallest absolute Gasteiger partial charge is 0.326 e. The number of rotatable bonds is 8. The van der Waals surface area contributed by atoms with Crippen LogP contribution in [0.2, 0.25) is 5.02 Å². The second kappa shape index (κ2) is 9.77. The summed E-state index contributed by atoms with van der Waals surface area (Å²) in [6.07, 6.45) is 0.481. The van der Waals surface area contributed by atoms with E-state index in [1.807, 2.05) is 13.8 Å². The molecule has 1 aromatic carbocycles. The van der Waals surface area contributed by atoms with Gasteiger partial charge >= 0.3 is 5.97 Å². The Kier molecular flexibility index (Phi) is 8.38. The predicted octanol–water partition coefficient (Wildman–Crippen LogP) is 2.77. The Labute approximate surface area is 160 Å². The largest absolute Gasteiger partial charge is 0.480 e. The van der Waals surface area contributed by atoms with Gasteiger partial charge in [0.25, 0.3) is 0 Å². The number of hydrogen-bond acceptors (Lipinski definition) is 3. The highest BCUT2D eigenvalue weighted by atomic mass is 79.9. The van der Waals surface area contributed by atoms with Crippen LogP contribution in [-0.2, 0) is 20.8 Å². The molecule has 1 rings (SSSR count). The average molecular weight is 434 g/mol. The Morgan fingerprint density at radius 1 is 1.20 bits per heavy atom. The van der Waals surface area contributed by atoms with Gasteiger partial charge in [-0.2, -0.15) is 0 Å². The van der Waals surface area contributed by atoms with Gasteiger partial charge in [-0.15, -0.1) is 0 Å². The molecule has 3 N–H and O–H groups in total. The molecule has 0 fully saturated rings. The average Bonchev–Trinajstić information content (AvgIpc) is 2.48. The molecule has 0 aliphatic rings. The van der Waals surface area contributed by atoms with Gasteiger partial charge in [-0.05, 0) is 36.1 Å². The highest BCUT2D eigenvalue weighted by Gasteiger charge is 2.27. The quantitative estimate of drug-likeness (QED) is 0.587. The summed E-state index contributed by atoms with van der Waals surface area (Å²) in [5.74, 6) is -1.86. The Morgan fingerprint density at radius 2 is 1.84 bits per heavy atom. The van der Waals surface area contributed by atoms with Crippen molar-refractivity contribution in [2.24, 2.45) is 5.92 Å². The van der Waals surface area contributed by atoms with E-state index in [-0.39, 0.29) is 18.2 Å². The minimum atomic E-state index is -1.16. The van der Waals surface area contributed by atoms with Gasteiger partial charge < -0.3 is 15.7 Å². The summed E-state index contributed by atoms with van der Waals surface area (Å²) < 4.78 is 0.706. The standard InChI is InChI=1S/C17H22BrClN2O4/c1-9(2)6-14(20-10(3)22)16(23)21-15(17(24)25)8-11-7-12(19)4-5-13(11)18/h4-5,7,9,14-15H,6,8H2,1-3H3,(H,20,22)(H,21,23)(H,24,25)/t14-,15-/m0/s1. The van der Waals surface area contributed by atoms with Gasteiger partial charge in [-0.25, -0.2) is 4.79 Å². The van der Waals surface area contributed by atoms with Crippen molar-refractivity contribution < 1.29 is 19.5 Å². The molecule has 0 aromatic heterocycles. The number of carbonyl (C=O) groups excluding carboxylic acids is 2. The molecule has 6 nitrogen and oxygen atoms in total. The maximum atomic E-state index is 12.4. The fraction of sp³-hybridized carbons (Fsp3) is 0.471. The van der Waals surface area contributed by atoms with Crippen molar-refractivity contribution >= 4 is 45.3 Å². The van der Waals surface area contributed by atoms with Crippen molar-refractivity contribution in [1.82, 2.24) is 10.6 Å². The third kappa shape index (κ3) is 7.44. The number of carbonyl (C=O) groups is 3. The number of carboxylic acid groups (broad SMARTS) is 1. The molecule has 2 amide bonds. The minimum Gasteiger partial charge on any atom is -0.480 e. The predicted molar refractivity (Wildman–Crippen MR) is 99.5 cm³/mol. The number of amides is 2. The molecular formula is C17H22BrClN2O4. The van der Waals surface area contributed by atoms with Crippen LogP contribution in [0.3, 0.4) is 0 Å². The molecule has 138 valence electrons. The molecule has 1 aromatic rings. The normalized spacial score (nSPS) is 13.2. The molecule has 0 unspecified atom stereocenters. The van der Waals surface area contributed by atoms with Crippen LogP contribution in [0.4, 0.5) is 0 Å². The van der Waals surface area contributed by atoms with E-state index in [9.17, 15) is 19.5 Å². The topological polar surface area (TPSA) is 95.5 Å². The molecule has 0 saturated heterocycles. The fourth-order valence-corrected chi connectivity index (χ4v) is 2.94. The molecule has 0 bridgehead atoms. The molecule has 25 heavy (non-hydrogen) atoms. The molecular weight excluding hydrogens is 412 g/mol.